The fraction of sp³-hybridized carbons (Fsp3) is 0.235. The number of amides is 1. The summed E-state index contributed by atoms with van der Waals surface area (Å²) in [7, 11) is 4.90. The van der Waals surface area contributed by atoms with E-state index in [1.807, 2.05) is 19.1 Å². The number of aromatic amines is 1. The first kappa shape index (κ1) is 17.0. The normalized spacial score (nSPS) is 10.8. The number of ether oxygens (including phenoxy) is 1. The Balaban J connectivity index is 2.08. The van der Waals surface area contributed by atoms with E-state index in [0.29, 0.717) is 33.5 Å². The van der Waals surface area contributed by atoms with Crippen LogP contribution in [0.15, 0.2) is 24.3 Å². The topological polar surface area (TPSA) is 83.1 Å². The maximum atomic E-state index is 12.3. The Morgan fingerprint density at radius 1 is 1.24 bits per heavy atom. The summed E-state index contributed by atoms with van der Waals surface area (Å²) >= 11 is 6.34. The highest BCUT2D eigenvalue weighted by molar-refractivity contribution is 6.34. The monoisotopic (exact) mass is 359 g/mol. The number of nitrogens with zero attached hydrogens (tertiary/aromatic N) is 3. The SMILES string of the molecule is COc1cc2cc(Nc3cc(C)[nH]n3)nc(Cl)c2cc1C(=O)N(C)C. The van der Waals surface area contributed by atoms with Gasteiger partial charge in [0, 0.05) is 31.2 Å². The third-order valence-electron chi connectivity index (χ3n) is 3.70. The molecule has 25 heavy (non-hydrogen) atoms. The van der Waals surface area contributed by atoms with Crippen LogP contribution in [0.5, 0.6) is 5.75 Å². The number of methoxy groups -OCH3 is 1. The van der Waals surface area contributed by atoms with Crippen molar-refractivity contribution in [3.63, 3.8) is 0 Å². The predicted octanol–water partition coefficient (Wildman–Crippen LogP) is 3.37. The molecule has 3 aromatic rings. The number of H-pyrrole nitrogens is 1. The number of anilines is 2. The minimum atomic E-state index is -0.163. The number of aromatic nitrogens is 3. The molecule has 7 nitrogen and oxygen atoms in total. The molecule has 0 aliphatic carbocycles. The Kier molecular flexibility index (Phi) is 4.50. The van der Waals surface area contributed by atoms with Crippen LogP contribution in [0.1, 0.15) is 16.1 Å². The molecule has 0 radical (unpaired) electrons. The lowest BCUT2D eigenvalue weighted by Gasteiger charge is -2.15. The number of aryl methyl sites for hydroxylation is 1. The van der Waals surface area contributed by atoms with Crippen molar-refractivity contribution in [3.05, 3.63) is 40.7 Å². The van der Waals surface area contributed by atoms with E-state index >= 15 is 0 Å². The Morgan fingerprint density at radius 2 is 2.00 bits per heavy atom. The molecule has 2 N–H and O–H groups in total. The van der Waals surface area contributed by atoms with E-state index in [-0.39, 0.29) is 5.91 Å². The number of carbonyl (C=O) groups is 1. The van der Waals surface area contributed by atoms with Gasteiger partial charge in [0.2, 0.25) is 0 Å². The molecule has 1 aromatic carbocycles. The van der Waals surface area contributed by atoms with Crippen LogP contribution in [0, 0.1) is 6.92 Å². The molecular weight excluding hydrogens is 342 g/mol. The van der Waals surface area contributed by atoms with E-state index in [0.717, 1.165) is 11.1 Å². The van der Waals surface area contributed by atoms with Crippen LogP contribution < -0.4 is 10.1 Å². The maximum Gasteiger partial charge on any atom is 0.257 e. The third kappa shape index (κ3) is 3.36. The molecule has 2 heterocycles. The van der Waals surface area contributed by atoms with Crippen molar-refractivity contribution in [2.75, 3.05) is 26.5 Å². The molecule has 0 bridgehead atoms. The summed E-state index contributed by atoms with van der Waals surface area (Å²) in [6, 6.07) is 7.17. The van der Waals surface area contributed by atoms with Gasteiger partial charge < -0.3 is 15.0 Å². The molecule has 0 fully saturated rings. The van der Waals surface area contributed by atoms with Crippen LogP contribution in [0.25, 0.3) is 10.8 Å². The number of benzene rings is 1. The average molecular weight is 360 g/mol. The summed E-state index contributed by atoms with van der Waals surface area (Å²) in [5, 5.41) is 11.8. The van der Waals surface area contributed by atoms with Crippen molar-refractivity contribution in [2.24, 2.45) is 0 Å². The van der Waals surface area contributed by atoms with Crippen LogP contribution in [-0.4, -0.2) is 47.2 Å². The van der Waals surface area contributed by atoms with Gasteiger partial charge in [-0.1, -0.05) is 11.6 Å². The first-order valence-corrected chi connectivity index (χ1v) is 7.96. The van der Waals surface area contributed by atoms with Gasteiger partial charge in [0.25, 0.3) is 5.91 Å². The molecule has 0 saturated carbocycles. The summed E-state index contributed by atoms with van der Waals surface area (Å²) in [6.45, 7) is 1.91. The van der Waals surface area contributed by atoms with Crippen molar-refractivity contribution in [2.45, 2.75) is 6.92 Å². The minimum absolute atomic E-state index is 0.163. The van der Waals surface area contributed by atoms with Gasteiger partial charge in [0.05, 0.1) is 12.7 Å². The number of hydrogen-bond acceptors (Lipinski definition) is 5. The zero-order valence-electron chi connectivity index (χ0n) is 14.3. The van der Waals surface area contributed by atoms with Gasteiger partial charge in [0.1, 0.15) is 16.7 Å². The molecule has 130 valence electrons. The van der Waals surface area contributed by atoms with Gasteiger partial charge in [-0.2, -0.15) is 5.10 Å². The summed E-state index contributed by atoms with van der Waals surface area (Å²) in [5.41, 5.74) is 1.37. The highest BCUT2D eigenvalue weighted by Gasteiger charge is 2.17. The number of carbonyl (C=O) groups excluding carboxylic acids is 1. The Labute approximate surface area is 149 Å². The summed E-state index contributed by atoms with van der Waals surface area (Å²) in [4.78, 5) is 18.2. The third-order valence-corrected chi connectivity index (χ3v) is 3.99. The number of hydrogen-bond donors (Lipinski definition) is 2. The molecule has 2 aromatic heterocycles. The Morgan fingerprint density at radius 3 is 2.60 bits per heavy atom. The largest absolute Gasteiger partial charge is 0.496 e. The van der Waals surface area contributed by atoms with E-state index in [2.05, 4.69) is 20.5 Å². The smallest absolute Gasteiger partial charge is 0.257 e. The van der Waals surface area contributed by atoms with Crippen LogP contribution >= 0.6 is 11.6 Å². The minimum Gasteiger partial charge on any atom is -0.496 e. The summed E-state index contributed by atoms with van der Waals surface area (Å²) < 4.78 is 5.38. The van der Waals surface area contributed by atoms with Crippen molar-refractivity contribution in [3.8, 4) is 5.75 Å². The van der Waals surface area contributed by atoms with E-state index < -0.39 is 0 Å². The standard InChI is InChI=1S/C17H18ClN5O2/c1-9-5-15(22-21-9)19-14-7-10-6-13(25-4)12(17(24)23(2)3)8-11(10)16(18)20-14/h5-8H,1-4H3,(H2,19,20,21,22). The molecule has 0 aliphatic heterocycles. The average Bonchev–Trinajstić information content (AvgIpc) is 2.97. The zero-order valence-corrected chi connectivity index (χ0v) is 15.1. The van der Waals surface area contributed by atoms with E-state index in [4.69, 9.17) is 16.3 Å². The van der Waals surface area contributed by atoms with Crippen molar-refractivity contribution in [1.29, 1.82) is 0 Å². The second-order valence-electron chi connectivity index (χ2n) is 5.83. The fourth-order valence-electron chi connectivity index (χ4n) is 2.49. The second-order valence-corrected chi connectivity index (χ2v) is 6.19. The molecular formula is C17H18ClN5O2. The second kappa shape index (κ2) is 6.60. The quantitative estimate of drug-likeness (QED) is 0.698. The van der Waals surface area contributed by atoms with Gasteiger partial charge in [-0.25, -0.2) is 4.98 Å². The first-order valence-electron chi connectivity index (χ1n) is 7.58. The number of halogens is 1. The van der Waals surface area contributed by atoms with E-state index in [1.165, 1.54) is 12.0 Å². The van der Waals surface area contributed by atoms with Gasteiger partial charge in [0.15, 0.2) is 5.82 Å². The molecule has 0 unspecified atom stereocenters. The lowest BCUT2D eigenvalue weighted by molar-refractivity contribution is 0.0824. The highest BCUT2D eigenvalue weighted by atomic mass is 35.5. The molecule has 3 rings (SSSR count). The molecule has 1 amide bonds. The van der Waals surface area contributed by atoms with Gasteiger partial charge in [-0.3, -0.25) is 9.89 Å². The van der Waals surface area contributed by atoms with E-state index in [9.17, 15) is 4.79 Å². The maximum absolute atomic E-state index is 12.3. The van der Waals surface area contributed by atoms with Gasteiger partial charge in [-0.05, 0) is 30.5 Å². The first-order chi connectivity index (χ1) is 11.9. The number of rotatable bonds is 4. The summed E-state index contributed by atoms with van der Waals surface area (Å²) in [6.07, 6.45) is 0. The molecule has 0 atom stereocenters. The molecule has 0 spiro atoms. The lowest BCUT2D eigenvalue weighted by atomic mass is 10.1. The van der Waals surface area contributed by atoms with Crippen molar-refractivity contribution in [1.82, 2.24) is 20.1 Å². The molecule has 0 aliphatic rings. The fourth-order valence-corrected chi connectivity index (χ4v) is 2.75. The van der Waals surface area contributed by atoms with Crippen LogP contribution in [0.4, 0.5) is 11.6 Å². The van der Waals surface area contributed by atoms with Crippen molar-refractivity contribution < 1.29 is 9.53 Å². The van der Waals surface area contributed by atoms with Crippen molar-refractivity contribution >= 4 is 39.9 Å². The number of nitrogens with one attached hydrogen (secondary N) is 2. The van der Waals surface area contributed by atoms with Crippen LogP contribution in [0.2, 0.25) is 5.15 Å². The Hall–Kier alpha value is -2.80. The number of pyridine rings is 1. The van der Waals surface area contributed by atoms with Gasteiger partial charge in [-0.15, -0.1) is 0 Å². The van der Waals surface area contributed by atoms with Crippen LogP contribution in [0.3, 0.4) is 0 Å². The molecule has 8 heteroatoms. The molecule has 0 saturated heterocycles. The van der Waals surface area contributed by atoms with Crippen LogP contribution in [-0.2, 0) is 0 Å². The predicted molar refractivity (Wildman–Crippen MR) is 97.9 cm³/mol. The van der Waals surface area contributed by atoms with E-state index in [1.54, 1.807) is 26.2 Å². The summed E-state index contributed by atoms with van der Waals surface area (Å²) in [5.74, 6) is 1.52. The van der Waals surface area contributed by atoms with Gasteiger partial charge >= 0.3 is 0 Å². The highest BCUT2D eigenvalue weighted by Crippen LogP contribution is 2.32. The lowest BCUT2D eigenvalue weighted by Crippen LogP contribution is -2.22. The number of fused-ring (bicyclic) bond motifs is 1. The Bertz CT molecular complexity index is 952. The zero-order chi connectivity index (χ0) is 18.1.